The predicted molar refractivity (Wildman–Crippen MR) is 61.4 cm³/mol. The van der Waals surface area contributed by atoms with Gasteiger partial charge in [0.25, 0.3) is 0 Å². The van der Waals surface area contributed by atoms with Crippen molar-refractivity contribution in [3.8, 4) is 0 Å². The molecule has 0 radical (unpaired) electrons. The number of hydrogen-bond acceptors (Lipinski definition) is 3. The van der Waals surface area contributed by atoms with Gasteiger partial charge in [-0.15, -0.1) is 0 Å². The van der Waals surface area contributed by atoms with Crippen LogP contribution in [0.2, 0.25) is 0 Å². The third kappa shape index (κ3) is 2.72. The van der Waals surface area contributed by atoms with Crippen molar-refractivity contribution >= 4 is 20.9 Å². The van der Waals surface area contributed by atoms with Crippen molar-refractivity contribution in [3.63, 3.8) is 0 Å². The van der Waals surface area contributed by atoms with Gasteiger partial charge in [-0.05, 0) is 41.8 Å². The molecule has 0 N–H and O–H groups in total. The van der Waals surface area contributed by atoms with Crippen LogP contribution in [0.5, 0.6) is 0 Å². The van der Waals surface area contributed by atoms with Gasteiger partial charge in [0.1, 0.15) is 10.1 Å². The van der Waals surface area contributed by atoms with E-state index in [1.54, 1.807) is 13.8 Å². The van der Waals surface area contributed by atoms with Crippen LogP contribution >= 0.6 is 0 Å². The Kier molecular flexibility index (Phi) is 4.38. The van der Waals surface area contributed by atoms with E-state index in [9.17, 15) is 13.0 Å². The summed E-state index contributed by atoms with van der Waals surface area (Å²) in [5, 5.41) is 1.80. The Morgan fingerprint density at radius 1 is 1.06 bits per heavy atom. The summed E-state index contributed by atoms with van der Waals surface area (Å²) in [5.74, 6) is 0. The average Bonchev–Trinajstić information content (AvgIpc) is 2.22. The molecule has 0 aliphatic carbocycles. The second-order valence-electron chi connectivity index (χ2n) is 3.82. The van der Waals surface area contributed by atoms with E-state index in [4.69, 9.17) is 0 Å². The van der Waals surface area contributed by atoms with Crippen molar-refractivity contribution in [2.24, 2.45) is 0 Å². The standard InChI is InChI=1S/C12H12O3S.Na/c1-8-7-12(16(13,14)15)9(2)11-6-4-3-5-10(8)11;/h3-7H,1-2H3,(H,13,14,15);/q;+1/p-1. The number of rotatable bonds is 1. The summed E-state index contributed by atoms with van der Waals surface area (Å²) in [6.45, 7) is 3.46. The van der Waals surface area contributed by atoms with Crippen molar-refractivity contribution < 1.29 is 42.5 Å². The molecule has 2 aromatic rings. The fourth-order valence-corrected chi connectivity index (χ4v) is 2.74. The Hall–Kier alpha value is -0.390. The number of fused-ring (bicyclic) bond motifs is 1. The van der Waals surface area contributed by atoms with Gasteiger partial charge in [0.15, 0.2) is 0 Å². The maximum Gasteiger partial charge on any atom is 1.00 e. The summed E-state index contributed by atoms with van der Waals surface area (Å²) < 4.78 is 33.3. The van der Waals surface area contributed by atoms with Gasteiger partial charge in [-0.2, -0.15) is 0 Å². The minimum atomic E-state index is -4.40. The molecule has 0 bridgehead atoms. The number of benzene rings is 2. The zero-order valence-corrected chi connectivity index (χ0v) is 12.8. The second-order valence-corrected chi connectivity index (χ2v) is 5.16. The third-order valence-electron chi connectivity index (χ3n) is 2.74. The molecule has 84 valence electrons. The van der Waals surface area contributed by atoms with Crippen LogP contribution in [0.15, 0.2) is 35.2 Å². The van der Waals surface area contributed by atoms with E-state index in [-0.39, 0.29) is 34.5 Å². The summed E-state index contributed by atoms with van der Waals surface area (Å²) in [6, 6.07) is 8.90. The molecule has 0 unspecified atom stereocenters. The Labute approximate surface area is 123 Å². The normalized spacial score (nSPS) is 11.2. The first-order valence-electron chi connectivity index (χ1n) is 4.86. The quantitative estimate of drug-likeness (QED) is 0.505. The Morgan fingerprint density at radius 3 is 2.12 bits per heavy atom. The molecular formula is C12H11NaO3S. The van der Waals surface area contributed by atoms with E-state index in [1.165, 1.54) is 6.07 Å². The molecule has 0 aliphatic rings. The summed E-state index contributed by atoms with van der Waals surface area (Å²) in [6.07, 6.45) is 0. The molecule has 2 rings (SSSR count). The van der Waals surface area contributed by atoms with Crippen molar-refractivity contribution in [2.45, 2.75) is 18.7 Å². The van der Waals surface area contributed by atoms with E-state index < -0.39 is 10.1 Å². The van der Waals surface area contributed by atoms with Gasteiger partial charge in [-0.3, -0.25) is 0 Å². The second kappa shape index (κ2) is 5.08. The minimum absolute atomic E-state index is 0. The third-order valence-corrected chi connectivity index (χ3v) is 3.71. The maximum atomic E-state index is 11.1. The predicted octanol–water partition coefficient (Wildman–Crippen LogP) is -0.635. The Morgan fingerprint density at radius 2 is 1.59 bits per heavy atom. The van der Waals surface area contributed by atoms with Crippen LogP contribution in [-0.4, -0.2) is 13.0 Å². The van der Waals surface area contributed by atoms with Gasteiger partial charge < -0.3 is 4.55 Å². The molecule has 0 aliphatic heterocycles. The first kappa shape index (κ1) is 14.7. The first-order chi connectivity index (χ1) is 7.41. The SMILES string of the molecule is Cc1cc(S(=O)(=O)[O-])c(C)c2ccccc12.[Na+]. The van der Waals surface area contributed by atoms with E-state index >= 15 is 0 Å². The van der Waals surface area contributed by atoms with Gasteiger partial charge in [0, 0.05) is 0 Å². The first-order valence-corrected chi connectivity index (χ1v) is 6.27. The van der Waals surface area contributed by atoms with Crippen LogP contribution < -0.4 is 29.6 Å². The van der Waals surface area contributed by atoms with Crippen molar-refractivity contribution in [1.29, 1.82) is 0 Å². The average molecular weight is 258 g/mol. The van der Waals surface area contributed by atoms with E-state index in [0.29, 0.717) is 5.56 Å². The monoisotopic (exact) mass is 258 g/mol. The van der Waals surface area contributed by atoms with Crippen LogP contribution in [0.25, 0.3) is 10.8 Å². The Bertz CT molecular complexity index is 663. The van der Waals surface area contributed by atoms with Crippen LogP contribution in [0, 0.1) is 13.8 Å². The molecule has 0 aromatic heterocycles. The van der Waals surface area contributed by atoms with Gasteiger partial charge in [-0.25, -0.2) is 8.42 Å². The van der Waals surface area contributed by atoms with Gasteiger partial charge >= 0.3 is 29.6 Å². The van der Waals surface area contributed by atoms with Crippen LogP contribution in [0.1, 0.15) is 11.1 Å². The minimum Gasteiger partial charge on any atom is -0.744 e. The fraction of sp³-hybridized carbons (Fsp3) is 0.167. The summed E-state index contributed by atoms with van der Waals surface area (Å²) in [4.78, 5) is -0.122. The number of hydrogen-bond donors (Lipinski definition) is 0. The molecule has 0 atom stereocenters. The smallest absolute Gasteiger partial charge is 0.744 e. The molecule has 0 saturated heterocycles. The number of aryl methyl sites for hydroxylation is 2. The topological polar surface area (TPSA) is 57.2 Å². The van der Waals surface area contributed by atoms with Gasteiger partial charge in [0.2, 0.25) is 0 Å². The molecule has 2 aromatic carbocycles. The van der Waals surface area contributed by atoms with Crippen molar-refractivity contribution in [3.05, 3.63) is 41.5 Å². The largest absolute Gasteiger partial charge is 1.00 e. The van der Waals surface area contributed by atoms with Crippen molar-refractivity contribution in [1.82, 2.24) is 0 Å². The summed E-state index contributed by atoms with van der Waals surface area (Å²) in [7, 11) is -4.40. The van der Waals surface area contributed by atoms with E-state index in [1.807, 2.05) is 24.3 Å². The summed E-state index contributed by atoms with van der Waals surface area (Å²) >= 11 is 0. The van der Waals surface area contributed by atoms with Crippen LogP contribution in [-0.2, 0) is 10.1 Å². The van der Waals surface area contributed by atoms with E-state index in [2.05, 4.69) is 0 Å². The molecule has 17 heavy (non-hydrogen) atoms. The summed E-state index contributed by atoms with van der Waals surface area (Å²) in [5.41, 5.74) is 1.33. The molecule has 5 heteroatoms. The zero-order chi connectivity index (χ0) is 11.9. The molecule has 0 fully saturated rings. The molecule has 3 nitrogen and oxygen atoms in total. The molecular weight excluding hydrogens is 247 g/mol. The van der Waals surface area contributed by atoms with Crippen LogP contribution in [0.4, 0.5) is 0 Å². The molecule has 0 saturated carbocycles. The molecule has 0 spiro atoms. The van der Waals surface area contributed by atoms with Gasteiger partial charge in [-0.1, -0.05) is 24.3 Å². The molecule has 0 amide bonds. The maximum absolute atomic E-state index is 11.1. The molecule has 0 heterocycles. The zero-order valence-electron chi connectivity index (χ0n) is 10.0. The van der Waals surface area contributed by atoms with Crippen LogP contribution in [0.3, 0.4) is 0 Å². The van der Waals surface area contributed by atoms with E-state index in [0.717, 1.165) is 16.3 Å². The van der Waals surface area contributed by atoms with Crippen molar-refractivity contribution in [2.75, 3.05) is 0 Å². The Balaban J connectivity index is 0.00000144. The fourth-order valence-electron chi connectivity index (χ4n) is 1.93. The van der Waals surface area contributed by atoms with Gasteiger partial charge in [0.05, 0.1) is 4.90 Å².